The van der Waals surface area contributed by atoms with Gasteiger partial charge in [-0.1, -0.05) is 6.07 Å². The van der Waals surface area contributed by atoms with Gasteiger partial charge in [0.2, 0.25) is 0 Å². The molecule has 4 heteroatoms. The van der Waals surface area contributed by atoms with E-state index in [2.05, 4.69) is 4.98 Å². The van der Waals surface area contributed by atoms with E-state index in [0.717, 1.165) is 22.8 Å². The second kappa shape index (κ2) is 5.71. The number of hydrogen-bond donors (Lipinski definition) is 1. The van der Waals surface area contributed by atoms with Crippen LogP contribution in [0.25, 0.3) is 0 Å². The van der Waals surface area contributed by atoms with Crippen molar-refractivity contribution in [3.63, 3.8) is 0 Å². The maximum absolute atomic E-state index is 5.90. The Balaban J connectivity index is 2.32. The largest absolute Gasteiger partial charge is 0.497 e. The van der Waals surface area contributed by atoms with Crippen molar-refractivity contribution in [1.82, 2.24) is 4.98 Å². The lowest BCUT2D eigenvalue weighted by Gasteiger charge is -2.20. The van der Waals surface area contributed by atoms with E-state index in [1.807, 2.05) is 55.3 Å². The van der Waals surface area contributed by atoms with Crippen LogP contribution in [0.5, 0.6) is 5.75 Å². The first kappa shape index (κ1) is 13.4. The Hall–Kier alpha value is -2.07. The number of anilines is 2. The maximum Gasteiger partial charge on any atom is 0.132 e. The number of benzene rings is 1. The predicted octanol–water partition coefficient (Wildman–Crippen LogP) is 2.88. The Bertz CT molecular complexity index is 555. The number of hydrogen-bond acceptors (Lipinski definition) is 4. The molecule has 1 atom stereocenters. The summed E-state index contributed by atoms with van der Waals surface area (Å²) in [5.41, 5.74) is 7.99. The summed E-state index contributed by atoms with van der Waals surface area (Å²) in [6.07, 6.45) is 1.78. The molecule has 1 heterocycles. The Kier molecular flexibility index (Phi) is 4.02. The van der Waals surface area contributed by atoms with Crippen LogP contribution in [-0.2, 0) is 0 Å². The van der Waals surface area contributed by atoms with Gasteiger partial charge in [0.25, 0.3) is 0 Å². The quantitative estimate of drug-likeness (QED) is 0.915. The summed E-state index contributed by atoms with van der Waals surface area (Å²) in [6, 6.07) is 11.8. The van der Waals surface area contributed by atoms with Crippen LogP contribution in [0.15, 0.2) is 42.6 Å². The number of aromatic nitrogens is 1. The Labute approximate surface area is 113 Å². The third kappa shape index (κ3) is 3.03. The van der Waals surface area contributed by atoms with Crippen molar-refractivity contribution in [3.05, 3.63) is 48.2 Å². The summed E-state index contributed by atoms with van der Waals surface area (Å²) >= 11 is 0. The lowest BCUT2D eigenvalue weighted by Crippen LogP contribution is -2.13. The van der Waals surface area contributed by atoms with Crippen LogP contribution in [0.4, 0.5) is 11.5 Å². The van der Waals surface area contributed by atoms with Crippen molar-refractivity contribution in [2.24, 2.45) is 5.73 Å². The lowest BCUT2D eigenvalue weighted by molar-refractivity contribution is 0.415. The van der Waals surface area contributed by atoms with Crippen molar-refractivity contribution in [2.75, 3.05) is 19.1 Å². The Morgan fingerprint density at radius 1 is 1.26 bits per heavy atom. The van der Waals surface area contributed by atoms with E-state index in [1.165, 1.54) is 0 Å². The average molecular weight is 257 g/mol. The van der Waals surface area contributed by atoms with Crippen LogP contribution in [0.1, 0.15) is 18.5 Å². The van der Waals surface area contributed by atoms with Gasteiger partial charge in [-0.15, -0.1) is 0 Å². The third-order valence-corrected chi connectivity index (χ3v) is 3.08. The van der Waals surface area contributed by atoms with Crippen molar-refractivity contribution in [3.8, 4) is 5.75 Å². The van der Waals surface area contributed by atoms with Crippen molar-refractivity contribution in [1.29, 1.82) is 0 Å². The molecule has 1 unspecified atom stereocenters. The van der Waals surface area contributed by atoms with E-state index in [9.17, 15) is 0 Å². The van der Waals surface area contributed by atoms with Crippen LogP contribution in [0.2, 0.25) is 0 Å². The summed E-state index contributed by atoms with van der Waals surface area (Å²) in [7, 11) is 3.64. The lowest BCUT2D eigenvalue weighted by atomic mass is 10.1. The molecule has 0 spiro atoms. The summed E-state index contributed by atoms with van der Waals surface area (Å²) in [5.74, 6) is 1.69. The molecule has 0 bridgehead atoms. The molecule has 2 aromatic rings. The van der Waals surface area contributed by atoms with Crippen LogP contribution in [-0.4, -0.2) is 19.1 Å². The number of rotatable bonds is 4. The molecule has 0 saturated heterocycles. The van der Waals surface area contributed by atoms with Gasteiger partial charge in [0.1, 0.15) is 11.6 Å². The van der Waals surface area contributed by atoms with Crippen molar-refractivity contribution >= 4 is 11.5 Å². The average Bonchev–Trinajstić information content (AvgIpc) is 2.46. The smallest absolute Gasteiger partial charge is 0.132 e. The molecule has 4 nitrogen and oxygen atoms in total. The molecule has 0 amide bonds. The predicted molar refractivity (Wildman–Crippen MR) is 77.9 cm³/mol. The fraction of sp³-hybridized carbons (Fsp3) is 0.267. The SMILES string of the molecule is COc1cccc(N(C)c2cc(C(C)N)ccn2)c1. The molecule has 2 N–H and O–H groups in total. The van der Waals surface area contributed by atoms with Gasteiger partial charge < -0.3 is 15.4 Å². The highest BCUT2D eigenvalue weighted by Gasteiger charge is 2.08. The van der Waals surface area contributed by atoms with Gasteiger partial charge in [0.05, 0.1) is 7.11 Å². The van der Waals surface area contributed by atoms with E-state index in [-0.39, 0.29) is 6.04 Å². The second-order valence-electron chi connectivity index (χ2n) is 4.50. The zero-order valence-corrected chi connectivity index (χ0v) is 11.5. The molecule has 0 radical (unpaired) electrons. The van der Waals surface area contributed by atoms with Crippen LogP contribution in [0.3, 0.4) is 0 Å². The molecular weight excluding hydrogens is 238 g/mol. The summed E-state index contributed by atoms with van der Waals surface area (Å²) in [5, 5.41) is 0. The summed E-state index contributed by atoms with van der Waals surface area (Å²) in [4.78, 5) is 6.39. The minimum atomic E-state index is 0.000425. The molecule has 19 heavy (non-hydrogen) atoms. The van der Waals surface area contributed by atoms with Gasteiger partial charge >= 0.3 is 0 Å². The minimum Gasteiger partial charge on any atom is -0.497 e. The summed E-state index contributed by atoms with van der Waals surface area (Å²) in [6.45, 7) is 1.96. The molecule has 0 aliphatic carbocycles. The van der Waals surface area contributed by atoms with Crippen LogP contribution >= 0.6 is 0 Å². The van der Waals surface area contributed by atoms with Crippen LogP contribution < -0.4 is 15.4 Å². The van der Waals surface area contributed by atoms with Gasteiger partial charge in [-0.3, -0.25) is 0 Å². The first-order chi connectivity index (χ1) is 9.11. The number of nitrogens with two attached hydrogens (primary N) is 1. The fourth-order valence-corrected chi connectivity index (χ4v) is 1.85. The zero-order chi connectivity index (χ0) is 13.8. The van der Waals surface area contributed by atoms with Gasteiger partial charge in [-0.2, -0.15) is 0 Å². The topological polar surface area (TPSA) is 51.4 Å². The molecule has 1 aromatic carbocycles. The molecule has 0 fully saturated rings. The van der Waals surface area contributed by atoms with E-state index < -0.39 is 0 Å². The van der Waals surface area contributed by atoms with Gasteiger partial charge in [0.15, 0.2) is 0 Å². The van der Waals surface area contributed by atoms with Crippen LogP contribution in [0, 0.1) is 0 Å². The standard InChI is InChI=1S/C15H19N3O/c1-11(16)12-7-8-17-15(9-12)18(2)13-5-4-6-14(10-13)19-3/h4-11H,16H2,1-3H3. The van der Waals surface area contributed by atoms with Gasteiger partial charge in [0, 0.05) is 31.0 Å². The number of nitrogens with zero attached hydrogens (tertiary/aromatic N) is 2. The van der Waals surface area contributed by atoms with Crippen molar-refractivity contribution in [2.45, 2.75) is 13.0 Å². The number of ether oxygens (including phenoxy) is 1. The van der Waals surface area contributed by atoms with E-state index >= 15 is 0 Å². The second-order valence-corrected chi connectivity index (χ2v) is 4.50. The fourth-order valence-electron chi connectivity index (χ4n) is 1.85. The summed E-state index contributed by atoms with van der Waals surface area (Å²) < 4.78 is 5.24. The highest BCUT2D eigenvalue weighted by atomic mass is 16.5. The molecular formula is C15H19N3O. The normalized spacial score (nSPS) is 12.0. The Morgan fingerprint density at radius 2 is 2.05 bits per heavy atom. The number of pyridine rings is 1. The first-order valence-corrected chi connectivity index (χ1v) is 6.21. The Morgan fingerprint density at radius 3 is 2.74 bits per heavy atom. The molecule has 1 aromatic heterocycles. The highest BCUT2D eigenvalue weighted by Crippen LogP contribution is 2.26. The van der Waals surface area contributed by atoms with E-state index in [1.54, 1.807) is 13.3 Å². The maximum atomic E-state index is 5.90. The first-order valence-electron chi connectivity index (χ1n) is 6.21. The minimum absolute atomic E-state index is 0.000425. The molecule has 2 rings (SSSR count). The monoisotopic (exact) mass is 257 g/mol. The van der Waals surface area contributed by atoms with E-state index in [4.69, 9.17) is 10.5 Å². The third-order valence-electron chi connectivity index (χ3n) is 3.08. The molecule has 0 aliphatic heterocycles. The van der Waals surface area contributed by atoms with Gasteiger partial charge in [-0.05, 0) is 36.8 Å². The molecule has 0 saturated carbocycles. The number of methoxy groups -OCH3 is 1. The molecule has 100 valence electrons. The van der Waals surface area contributed by atoms with E-state index in [0.29, 0.717) is 0 Å². The van der Waals surface area contributed by atoms with Crippen molar-refractivity contribution < 1.29 is 4.74 Å². The van der Waals surface area contributed by atoms with Gasteiger partial charge in [-0.25, -0.2) is 4.98 Å². The zero-order valence-electron chi connectivity index (χ0n) is 11.5. The highest BCUT2D eigenvalue weighted by molar-refractivity contribution is 5.61. The molecule has 0 aliphatic rings.